The number of furan rings is 1. The topological polar surface area (TPSA) is 45.5 Å². The van der Waals surface area contributed by atoms with Crippen molar-refractivity contribution in [2.24, 2.45) is 5.92 Å². The molecule has 0 bridgehead atoms. The zero-order valence-corrected chi connectivity index (χ0v) is 15.3. The van der Waals surface area contributed by atoms with E-state index in [4.69, 9.17) is 4.42 Å². The molecule has 3 aromatic rings. The molecule has 0 unspecified atom stereocenters. The fourth-order valence-electron chi connectivity index (χ4n) is 3.60. The van der Waals surface area contributed by atoms with Crippen LogP contribution in [-0.2, 0) is 0 Å². The van der Waals surface area contributed by atoms with Crippen LogP contribution in [0, 0.1) is 12.8 Å². The number of hydrogen-bond donors (Lipinski definition) is 1. The van der Waals surface area contributed by atoms with Crippen LogP contribution < -0.4 is 10.2 Å². The van der Waals surface area contributed by atoms with E-state index in [-0.39, 0.29) is 5.91 Å². The second kappa shape index (κ2) is 6.87. The molecule has 1 aromatic heterocycles. The van der Waals surface area contributed by atoms with Gasteiger partial charge in [-0.15, -0.1) is 0 Å². The van der Waals surface area contributed by atoms with Crippen molar-refractivity contribution in [3.8, 4) is 0 Å². The van der Waals surface area contributed by atoms with Crippen molar-refractivity contribution in [2.75, 3.05) is 23.3 Å². The molecule has 2 aromatic carbocycles. The fraction of sp³-hybridized carbons (Fsp3) is 0.318. The first kappa shape index (κ1) is 16.7. The lowest BCUT2D eigenvalue weighted by atomic mass is 9.99. The van der Waals surface area contributed by atoms with E-state index < -0.39 is 0 Å². The Balaban J connectivity index is 1.48. The van der Waals surface area contributed by atoms with Gasteiger partial charge in [-0.2, -0.15) is 0 Å². The van der Waals surface area contributed by atoms with Gasteiger partial charge in [-0.3, -0.25) is 4.79 Å². The number of nitrogens with one attached hydrogen (secondary N) is 1. The Labute approximate surface area is 153 Å². The fourth-order valence-corrected chi connectivity index (χ4v) is 3.60. The highest BCUT2D eigenvalue weighted by Crippen LogP contribution is 2.27. The quantitative estimate of drug-likeness (QED) is 0.705. The predicted octanol–water partition coefficient (Wildman–Crippen LogP) is 5.23. The van der Waals surface area contributed by atoms with Crippen LogP contribution in [0.15, 0.2) is 52.9 Å². The van der Waals surface area contributed by atoms with Crippen molar-refractivity contribution in [2.45, 2.75) is 26.7 Å². The molecule has 1 aliphatic rings. The molecule has 0 aliphatic carbocycles. The molecule has 2 heterocycles. The molecule has 0 spiro atoms. The first-order valence-electron chi connectivity index (χ1n) is 9.26. The average Bonchev–Trinajstić information content (AvgIpc) is 3.00. The molecule has 4 nitrogen and oxygen atoms in total. The zero-order chi connectivity index (χ0) is 18.1. The zero-order valence-electron chi connectivity index (χ0n) is 15.3. The summed E-state index contributed by atoms with van der Waals surface area (Å²) >= 11 is 0. The van der Waals surface area contributed by atoms with Crippen molar-refractivity contribution in [3.05, 3.63) is 59.9 Å². The third-order valence-corrected chi connectivity index (χ3v) is 5.32. The van der Waals surface area contributed by atoms with Crippen LogP contribution in [0.2, 0.25) is 0 Å². The molecule has 26 heavy (non-hydrogen) atoms. The van der Waals surface area contributed by atoms with Gasteiger partial charge in [0.2, 0.25) is 0 Å². The molecular formula is C22H24N2O2. The first-order valence-corrected chi connectivity index (χ1v) is 9.26. The molecule has 4 rings (SSSR count). The second-order valence-corrected chi connectivity index (χ2v) is 7.22. The van der Waals surface area contributed by atoms with Gasteiger partial charge < -0.3 is 14.6 Å². The van der Waals surface area contributed by atoms with Crippen molar-refractivity contribution in [1.29, 1.82) is 0 Å². The summed E-state index contributed by atoms with van der Waals surface area (Å²) in [6, 6.07) is 15.8. The van der Waals surface area contributed by atoms with Gasteiger partial charge in [0.15, 0.2) is 5.76 Å². The molecule has 1 saturated heterocycles. The summed E-state index contributed by atoms with van der Waals surface area (Å²) in [4.78, 5) is 15.0. The Morgan fingerprint density at radius 2 is 1.77 bits per heavy atom. The Morgan fingerprint density at radius 3 is 2.46 bits per heavy atom. The van der Waals surface area contributed by atoms with Crippen molar-refractivity contribution in [1.82, 2.24) is 0 Å². The van der Waals surface area contributed by atoms with Crippen molar-refractivity contribution in [3.63, 3.8) is 0 Å². The minimum Gasteiger partial charge on any atom is -0.451 e. The van der Waals surface area contributed by atoms with Crippen molar-refractivity contribution < 1.29 is 9.21 Å². The smallest absolute Gasteiger partial charge is 0.291 e. The van der Waals surface area contributed by atoms with Gasteiger partial charge in [0, 0.05) is 35.4 Å². The highest BCUT2D eigenvalue weighted by atomic mass is 16.3. The van der Waals surface area contributed by atoms with Crippen LogP contribution in [0.25, 0.3) is 11.0 Å². The summed E-state index contributed by atoms with van der Waals surface area (Å²) in [5.41, 5.74) is 3.61. The van der Waals surface area contributed by atoms with Gasteiger partial charge >= 0.3 is 0 Å². The number of rotatable bonds is 3. The maximum Gasteiger partial charge on any atom is 0.291 e. The van der Waals surface area contributed by atoms with Gasteiger partial charge in [-0.1, -0.05) is 25.1 Å². The van der Waals surface area contributed by atoms with Crippen LogP contribution in [-0.4, -0.2) is 19.0 Å². The average molecular weight is 348 g/mol. The minimum absolute atomic E-state index is 0.210. The molecule has 1 amide bonds. The molecule has 0 atom stereocenters. The first-order chi connectivity index (χ1) is 12.6. The van der Waals surface area contributed by atoms with E-state index in [1.807, 2.05) is 43.3 Å². The number of benzene rings is 2. The number of nitrogens with zero attached hydrogens (tertiary/aromatic N) is 1. The Morgan fingerprint density at radius 1 is 1.08 bits per heavy atom. The van der Waals surface area contributed by atoms with Gasteiger partial charge in [0.25, 0.3) is 5.91 Å². The minimum atomic E-state index is -0.210. The molecule has 134 valence electrons. The van der Waals surface area contributed by atoms with Gasteiger partial charge in [-0.05, 0) is 56.0 Å². The summed E-state index contributed by atoms with van der Waals surface area (Å²) < 4.78 is 5.74. The van der Waals surface area contributed by atoms with E-state index >= 15 is 0 Å². The third kappa shape index (κ3) is 3.19. The molecule has 1 aliphatic heterocycles. The Hall–Kier alpha value is -2.75. The number of fused-ring (bicyclic) bond motifs is 1. The van der Waals surface area contributed by atoms with Crippen LogP contribution in [0.5, 0.6) is 0 Å². The number of hydrogen-bond acceptors (Lipinski definition) is 3. The Bertz CT molecular complexity index is 919. The number of piperidine rings is 1. The van der Waals surface area contributed by atoms with Crippen molar-refractivity contribution >= 4 is 28.3 Å². The lowest BCUT2D eigenvalue weighted by Gasteiger charge is -2.32. The van der Waals surface area contributed by atoms with Gasteiger partial charge in [-0.25, -0.2) is 0 Å². The monoisotopic (exact) mass is 348 g/mol. The molecular weight excluding hydrogens is 324 g/mol. The van der Waals surface area contributed by atoms with Crippen LogP contribution in [0.1, 0.15) is 35.9 Å². The number of carbonyl (C=O) groups excluding carboxylic acids is 1. The highest BCUT2D eigenvalue weighted by Gasteiger charge is 2.18. The Kier molecular flexibility index (Phi) is 4.41. The van der Waals surface area contributed by atoms with Gasteiger partial charge in [0.1, 0.15) is 5.58 Å². The summed E-state index contributed by atoms with van der Waals surface area (Å²) in [5.74, 6) is 0.982. The van der Waals surface area contributed by atoms with Crippen LogP contribution in [0.3, 0.4) is 0 Å². The van der Waals surface area contributed by atoms with E-state index in [1.54, 1.807) is 0 Å². The van der Waals surface area contributed by atoms with E-state index in [0.29, 0.717) is 5.76 Å². The number of para-hydroxylation sites is 1. The molecule has 1 N–H and O–H groups in total. The summed E-state index contributed by atoms with van der Waals surface area (Å²) in [6.07, 6.45) is 2.48. The number of amides is 1. The molecule has 1 fully saturated rings. The molecule has 0 radical (unpaired) electrons. The SMILES string of the molecule is Cc1c(C(=O)Nc2ccc(N3CCC(C)CC3)cc2)oc2ccccc12. The maximum atomic E-state index is 12.6. The summed E-state index contributed by atoms with van der Waals surface area (Å²) in [7, 11) is 0. The standard InChI is InChI=1S/C22H24N2O2/c1-15-11-13-24(14-12-15)18-9-7-17(8-10-18)23-22(25)21-16(2)19-5-3-4-6-20(19)26-21/h3-10,15H,11-14H2,1-2H3,(H,23,25). The normalized spacial score (nSPS) is 15.4. The predicted molar refractivity (Wildman–Crippen MR) is 106 cm³/mol. The second-order valence-electron chi connectivity index (χ2n) is 7.22. The highest BCUT2D eigenvalue weighted by molar-refractivity contribution is 6.06. The summed E-state index contributed by atoms with van der Waals surface area (Å²) in [6.45, 7) is 6.44. The largest absolute Gasteiger partial charge is 0.451 e. The van der Waals surface area contributed by atoms with E-state index in [9.17, 15) is 4.79 Å². The van der Waals surface area contributed by atoms with Crippen LogP contribution >= 0.6 is 0 Å². The molecule has 4 heteroatoms. The lowest BCUT2D eigenvalue weighted by Crippen LogP contribution is -2.32. The maximum absolute atomic E-state index is 12.6. The number of anilines is 2. The van der Waals surface area contributed by atoms with Gasteiger partial charge in [0.05, 0.1) is 0 Å². The summed E-state index contributed by atoms with van der Waals surface area (Å²) in [5, 5.41) is 3.93. The van der Waals surface area contributed by atoms with E-state index in [0.717, 1.165) is 41.2 Å². The van der Waals surface area contributed by atoms with E-state index in [2.05, 4.69) is 29.3 Å². The van der Waals surface area contributed by atoms with Crippen LogP contribution in [0.4, 0.5) is 11.4 Å². The number of carbonyl (C=O) groups is 1. The third-order valence-electron chi connectivity index (χ3n) is 5.32. The van der Waals surface area contributed by atoms with E-state index in [1.165, 1.54) is 18.5 Å². The molecule has 0 saturated carbocycles. The number of aryl methyl sites for hydroxylation is 1. The lowest BCUT2D eigenvalue weighted by molar-refractivity contribution is 0.0998.